The lowest BCUT2D eigenvalue weighted by Gasteiger charge is -1.99. The van der Waals surface area contributed by atoms with Crippen LogP contribution < -0.4 is 11.2 Å². The molecule has 0 bridgehead atoms. The second-order valence-corrected chi connectivity index (χ2v) is 4.38. The number of nitro benzene ring substituents is 1. The summed E-state index contributed by atoms with van der Waals surface area (Å²) in [4.78, 5) is 13.7. The van der Waals surface area contributed by atoms with Crippen molar-refractivity contribution in [2.75, 3.05) is 11.2 Å². The van der Waals surface area contributed by atoms with Crippen molar-refractivity contribution in [2.24, 2.45) is 5.10 Å². The monoisotopic (exact) mass is 299 g/mol. The Morgan fingerprint density at radius 2 is 2.25 bits per heavy atom. The van der Waals surface area contributed by atoms with E-state index in [4.69, 9.17) is 5.73 Å². The Kier molecular flexibility index (Phi) is 3.84. The minimum atomic E-state index is -1.08. The van der Waals surface area contributed by atoms with E-state index in [-0.39, 0.29) is 5.82 Å². The number of nitro groups is 1. The van der Waals surface area contributed by atoms with Crippen LogP contribution in [-0.2, 0) is 0 Å². The SMILES string of the molecule is Nc1csc(NN=Cc2c(F)cc(F)cc2[N+](=O)[O-])n1. The molecule has 0 spiro atoms. The number of halogens is 2. The molecule has 10 heteroatoms. The van der Waals surface area contributed by atoms with Gasteiger partial charge in [-0.3, -0.25) is 15.5 Å². The lowest BCUT2D eigenvalue weighted by atomic mass is 10.2. The maximum absolute atomic E-state index is 13.5. The van der Waals surface area contributed by atoms with Crippen LogP contribution in [0.1, 0.15) is 5.56 Å². The number of hydrazone groups is 1. The Morgan fingerprint density at radius 1 is 1.50 bits per heavy atom. The summed E-state index contributed by atoms with van der Waals surface area (Å²) in [5.74, 6) is -1.83. The fourth-order valence-electron chi connectivity index (χ4n) is 1.34. The number of nitrogen functional groups attached to an aromatic ring is 1. The number of thiazole rings is 1. The summed E-state index contributed by atoms with van der Waals surface area (Å²) in [7, 11) is 0. The molecule has 0 atom stereocenters. The standard InChI is InChI=1S/C10H7F2N5O2S/c11-5-1-7(12)6(8(2-5)17(18)19)3-14-16-10-15-9(13)4-20-10/h1-4H,13H2,(H,15,16). The van der Waals surface area contributed by atoms with Crippen LogP contribution in [0.3, 0.4) is 0 Å². The molecule has 1 heterocycles. The summed E-state index contributed by atoms with van der Waals surface area (Å²) < 4.78 is 26.4. The number of hydrogen-bond donors (Lipinski definition) is 2. The van der Waals surface area contributed by atoms with Crippen molar-refractivity contribution in [3.05, 3.63) is 44.8 Å². The average Bonchev–Trinajstić information content (AvgIpc) is 2.77. The first-order valence-electron chi connectivity index (χ1n) is 5.11. The molecule has 0 aliphatic carbocycles. The average molecular weight is 299 g/mol. The highest BCUT2D eigenvalue weighted by molar-refractivity contribution is 7.14. The van der Waals surface area contributed by atoms with E-state index >= 15 is 0 Å². The largest absolute Gasteiger partial charge is 0.383 e. The molecule has 0 saturated heterocycles. The lowest BCUT2D eigenvalue weighted by molar-refractivity contribution is -0.385. The first-order chi connectivity index (χ1) is 9.47. The van der Waals surface area contributed by atoms with Gasteiger partial charge in [0.05, 0.1) is 17.2 Å². The first-order valence-corrected chi connectivity index (χ1v) is 5.99. The first kappa shape index (κ1) is 13.8. The Bertz CT molecular complexity index is 688. The van der Waals surface area contributed by atoms with Gasteiger partial charge in [-0.1, -0.05) is 0 Å². The lowest BCUT2D eigenvalue weighted by Crippen LogP contribution is -2.01. The summed E-state index contributed by atoms with van der Waals surface area (Å²) in [5.41, 5.74) is 6.67. The zero-order valence-corrected chi connectivity index (χ0v) is 10.5. The van der Waals surface area contributed by atoms with Gasteiger partial charge in [-0.2, -0.15) is 5.10 Å². The Morgan fingerprint density at radius 3 is 2.85 bits per heavy atom. The van der Waals surface area contributed by atoms with E-state index in [1.807, 2.05) is 0 Å². The predicted octanol–water partition coefficient (Wildman–Crippen LogP) is 2.36. The molecule has 0 aliphatic rings. The molecule has 104 valence electrons. The third kappa shape index (κ3) is 3.03. The maximum Gasteiger partial charge on any atom is 0.284 e. The van der Waals surface area contributed by atoms with Crippen molar-refractivity contribution in [3.63, 3.8) is 0 Å². The van der Waals surface area contributed by atoms with Gasteiger partial charge >= 0.3 is 0 Å². The van der Waals surface area contributed by atoms with Gasteiger partial charge in [-0.25, -0.2) is 13.8 Å². The van der Waals surface area contributed by atoms with Gasteiger partial charge in [0.15, 0.2) is 0 Å². The molecule has 1 aromatic heterocycles. The molecule has 0 radical (unpaired) electrons. The van der Waals surface area contributed by atoms with Crippen molar-refractivity contribution in [1.29, 1.82) is 0 Å². The number of benzene rings is 1. The van der Waals surface area contributed by atoms with Crippen molar-refractivity contribution < 1.29 is 13.7 Å². The minimum absolute atomic E-state index is 0.284. The molecule has 0 fully saturated rings. The van der Waals surface area contributed by atoms with Crippen LogP contribution in [0.5, 0.6) is 0 Å². The maximum atomic E-state index is 13.5. The summed E-state index contributed by atoms with van der Waals surface area (Å²) >= 11 is 1.15. The Balaban J connectivity index is 2.26. The number of nitrogens with zero attached hydrogens (tertiary/aromatic N) is 3. The summed E-state index contributed by atoms with van der Waals surface area (Å²) in [6.07, 6.45) is 0.879. The Hall–Kier alpha value is -2.62. The Labute approximate surface area is 114 Å². The predicted molar refractivity (Wildman–Crippen MR) is 70.8 cm³/mol. The van der Waals surface area contributed by atoms with Gasteiger partial charge in [-0.15, -0.1) is 11.3 Å². The molecule has 0 aliphatic heterocycles. The number of hydrogen-bond acceptors (Lipinski definition) is 7. The smallest absolute Gasteiger partial charge is 0.284 e. The van der Waals surface area contributed by atoms with E-state index in [1.165, 1.54) is 0 Å². The van der Waals surface area contributed by atoms with Crippen LogP contribution in [0.4, 0.5) is 25.4 Å². The van der Waals surface area contributed by atoms with Gasteiger partial charge in [0, 0.05) is 11.4 Å². The van der Waals surface area contributed by atoms with E-state index < -0.39 is 27.8 Å². The van der Waals surface area contributed by atoms with Crippen LogP contribution >= 0.6 is 11.3 Å². The van der Waals surface area contributed by atoms with Crippen LogP contribution in [0.25, 0.3) is 0 Å². The van der Waals surface area contributed by atoms with Crippen molar-refractivity contribution in [2.45, 2.75) is 0 Å². The third-order valence-electron chi connectivity index (χ3n) is 2.14. The molecule has 2 rings (SSSR count). The van der Waals surface area contributed by atoms with Crippen molar-refractivity contribution in [1.82, 2.24) is 4.98 Å². The van der Waals surface area contributed by atoms with E-state index in [0.29, 0.717) is 17.3 Å². The number of nitrogens with one attached hydrogen (secondary N) is 1. The molecule has 20 heavy (non-hydrogen) atoms. The molecule has 7 nitrogen and oxygen atoms in total. The van der Waals surface area contributed by atoms with Gasteiger partial charge < -0.3 is 5.73 Å². The highest BCUT2D eigenvalue weighted by atomic mass is 32.1. The van der Waals surface area contributed by atoms with E-state index in [9.17, 15) is 18.9 Å². The minimum Gasteiger partial charge on any atom is -0.383 e. The summed E-state index contributed by atoms with van der Waals surface area (Å²) in [6, 6.07) is 1.15. The van der Waals surface area contributed by atoms with Gasteiger partial charge in [0.2, 0.25) is 5.13 Å². The van der Waals surface area contributed by atoms with Crippen molar-refractivity contribution >= 4 is 34.2 Å². The van der Waals surface area contributed by atoms with Gasteiger partial charge in [-0.05, 0) is 0 Å². The van der Waals surface area contributed by atoms with E-state index in [1.54, 1.807) is 5.38 Å². The molecular weight excluding hydrogens is 292 g/mol. The highest BCUT2D eigenvalue weighted by Crippen LogP contribution is 2.22. The quantitative estimate of drug-likeness (QED) is 0.512. The van der Waals surface area contributed by atoms with E-state index in [2.05, 4.69) is 15.5 Å². The second kappa shape index (κ2) is 5.57. The third-order valence-corrected chi connectivity index (χ3v) is 2.91. The van der Waals surface area contributed by atoms with E-state index in [0.717, 1.165) is 17.6 Å². The number of nitrogens with two attached hydrogens (primary N) is 1. The van der Waals surface area contributed by atoms with Crippen LogP contribution in [-0.4, -0.2) is 16.1 Å². The fraction of sp³-hybridized carbons (Fsp3) is 0. The normalized spacial score (nSPS) is 10.9. The van der Waals surface area contributed by atoms with Crippen LogP contribution in [0, 0.1) is 21.7 Å². The molecule has 0 amide bonds. The van der Waals surface area contributed by atoms with Gasteiger partial charge in [0.25, 0.3) is 5.69 Å². The van der Waals surface area contributed by atoms with Crippen LogP contribution in [0.15, 0.2) is 22.6 Å². The van der Waals surface area contributed by atoms with Crippen LogP contribution in [0.2, 0.25) is 0 Å². The molecule has 3 N–H and O–H groups in total. The van der Waals surface area contributed by atoms with Crippen molar-refractivity contribution in [3.8, 4) is 0 Å². The number of aromatic nitrogens is 1. The number of anilines is 2. The summed E-state index contributed by atoms with van der Waals surface area (Å²) in [5, 5.41) is 16.2. The molecular formula is C10H7F2N5O2S. The molecule has 2 aromatic rings. The topological polar surface area (TPSA) is 106 Å². The summed E-state index contributed by atoms with van der Waals surface area (Å²) in [6.45, 7) is 0. The molecule has 0 unspecified atom stereocenters. The van der Waals surface area contributed by atoms with Gasteiger partial charge in [0.1, 0.15) is 23.0 Å². The molecule has 0 saturated carbocycles. The highest BCUT2D eigenvalue weighted by Gasteiger charge is 2.18. The number of rotatable bonds is 4. The zero-order chi connectivity index (χ0) is 14.7. The molecule has 1 aromatic carbocycles. The zero-order valence-electron chi connectivity index (χ0n) is 9.71. The fourth-order valence-corrected chi connectivity index (χ4v) is 1.89. The second-order valence-electron chi connectivity index (χ2n) is 3.53.